The second-order valence-electron chi connectivity index (χ2n) is 6.63. The maximum absolute atomic E-state index is 12.2. The van der Waals surface area contributed by atoms with Gasteiger partial charge in [0, 0.05) is 11.3 Å². The van der Waals surface area contributed by atoms with Crippen molar-refractivity contribution < 1.29 is 19.0 Å². The molecule has 0 atom stereocenters. The highest BCUT2D eigenvalue weighted by atomic mass is 16.6. The van der Waals surface area contributed by atoms with Crippen molar-refractivity contribution in [1.82, 2.24) is 19.9 Å². The molecule has 0 saturated heterocycles. The van der Waals surface area contributed by atoms with Crippen LogP contribution in [0.2, 0.25) is 0 Å². The quantitative estimate of drug-likeness (QED) is 0.328. The van der Waals surface area contributed by atoms with E-state index >= 15 is 0 Å². The minimum absolute atomic E-state index is 0.150. The van der Waals surface area contributed by atoms with Crippen LogP contribution in [0.4, 0.5) is 11.4 Å². The largest absolute Gasteiger partial charge is 0.493 e. The average Bonchev–Trinajstić information content (AvgIpc) is 3.45. The molecule has 0 bridgehead atoms. The van der Waals surface area contributed by atoms with Crippen LogP contribution >= 0.6 is 0 Å². The summed E-state index contributed by atoms with van der Waals surface area (Å²) >= 11 is 0. The number of benzene rings is 2. The zero-order chi connectivity index (χ0) is 22.5. The summed E-state index contributed by atoms with van der Waals surface area (Å²) < 4.78 is 12.2. The minimum atomic E-state index is -0.571. The first kappa shape index (κ1) is 20.7. The normalized spacial score (nSPS) is 10.7. The van der Waals surface area contributed by atoms with Crippen molar-refractivity contribution in [1.29, 1.82) is 0 Å². The third-order valence-electron chi connectivity index (χ3n) is 4.41. The summed E-state index contributed by atoms with van der Waals surface area (Å²) in [4.78, 5) is 26.7. The van der Waals surface area contributed by atoms with Gasteiger partial charge in [-0.2, -0.15) is 10.1 Å². The van der Waals surface area contributed by atoms with Gasteiger partial charge in [0.25, 0.3) is 5.89 Å². The number of aromatic nitrogens is 4. The van der Waals surface area contributed by atoms with Gasteiger partial charge in [-0.15, -0.1) is 0 Å². The van der Waals surface area contributed by atoms with Gasteiger partial charge in [0.1, 0.15) is 24.7 Å². The fourth-order valence-electron chi connectivity index (χ4n) is 2.96. The summed E-state index contributed by atoms with van der Waals surface area (Å²) in [5, 5.41) is 21.2. The molecule has 1 amide bonds. The fraction of sp³-hybridized carbons (Fsp3) is 0.143. The first-order valence-corrected chi connectivity index (χ1v) is 9.66. The van der Waals surface area contributed by atoms with Crippen molar-refractivity contribution in [3.63, 3.8) is 0 Å². The average molecular weight is 434 g/mol. The van der Waals surface area contributed by atoms with Crippen LogP contribution in [0.25, 0.3) is 22.8 Å². The number of hydrogen-bond donors (Lipinski definition) is 1. The molecule has 0 aliphatic rings. The highest BCUT2D eigenvalue weighted by Crippen LogP contribution is 2.30. The lowest BCUT2D eigenvalue weighted by Crippen LogP contribution is -2.18. The van der Waals surface area contributed by atoms with Crippen LogP contribution in [0, 0.1) is 10.1 Å². The van der Waals surface area contributed by atoms with Crippen LogP contribution < -0.4 is 10.1 Å². The Bertz CT molecular complexity index is 1250. The Hall–Kier alpha value is -4.54. The van der Waals surface area contributed by atoms with Crippen molar-refractivity contribution in [2.75, 3.05) is 11.9 Å². The summed E-state index contributed by atoms with van der Waals surface area (Å²) in [6.45, 7) is 2.26. The number of rotatable bonds is 8. The van der Waals surface area contributed by atoms with Gasteiger partial charge in [-0.05, 0) is 43.3 Å². The van der Waals surface area contributed by atoms with E-state index in [-0.39, 0.29) is 18.1 Å². The van der Waals surface area contributed by atoms with Crippen LogP contribution in [0.5, 0.6) is 5.75 Å². The zero-order valence-corrected chi connectivity index (χ0v) is 17.0. The monoisotopic (exact) mass is 434 g/mol. The third kappa shape index (κ3) is 4.61. The lowest BCUT2D eigenvalue weighted by molar-refractivity contribution is -0.385. The number of para-hydroxylation sites is 1. The molecule has 0 aliphatic heterocycles. The number of nitrogens with zero attached hydrogens (tertiary/aromatic N) is 5. The van der Waals surface area contributed by atoms with Crippen molar-refractivity contribution in [3.05, 3.63) is 71.0 Å². The van der Waals surface area contributed by atoms with Gasteiger partial charge in [-0.1, -0.05) is 17.3 Å². The van der Waals surface area contributed by atoms with E-state index in [1.165, 1.54) is 10.9 Å². The molecule has 0 fully saturated rings. The SMILES string of the molecule is CCOc1ccccc1-c1nc(-c2ccc(NC(=O)Cn3cc([N+](=O)[O-])cn3)cc2)no1. The van der Waals surface area contributed by atoms with Gasteiger partial charge < -0.3 is 14.6 Å². The van der Waals surface area contributed by atoms with Gasteiger partial charge in [0.05, 0.1) is 17.1 Å². The molecule has 11 nitrogen and oxygen atoms in total. The summed E-state index contributed by atoms with van der Waals surface area (Å²) in [6, 6.07) is 14.3. The second kappa shape index (κ2) is 9.08. The molecule has 0 aliphatic carbocycles. The molecule has 4 aromatic rings. The van der Waals surface area contributed by atoms with Gasteiger partial charge in [0.2, 0.25) is 11.7 Å². The van der Waals surface area contributed by atoms with Crippen molar-refractivity contribution in [2.45, 2.75) is 13.5 Å². The van der Waals surface area contributed by atoms with Crippen LogP contribution in [0.3, 0.4) is 0 Å². The van der Waals surface area contributed by atoms with E-state index in [0.29, 0.717) is 40.9 Å². The molecule has 0 saturated carbocycles. The molecule has 0 radical (unpaired) electrons. The molecule has 2 heterocycles. The Labute approximate surface area is 181 Å². The molecule has 11 heteroatoms. The van der Waals surface area contributed by atoms with E-state index in [1.807, 2.05) is 31.2 Å². The smallest absolute Gasteiger partial charge is 0.307 e. The number of anilines is 1. The van der Waals surface area contributed by atoms with Gasteiger partial charge >= 0.3 is 5.69 Å². The second-order valence-corrected chi connectivity index (χ2v) is 6.63. The maximum Gasteiger partial charge on any atom is 0.307 e. The highest BCUT2D eigenvalue weighted by molar-refractivity contribution is 5.90. The Balaban J connectivity index is 1.43. The van der Waals surface area contributed by atoms with Crippen LogP contribution in [-0.4, -0.2) is 37.4 Å². The summed E-state index contributed by atoms with van der Waals surface area (Å²) in [6.07, 6.45) is 2.29. The Morgan fingerprint density at radius 2 is 2.00 bits per heavy atom. The zero-order valence-electron chi connectivity index (χ0n) is 17.0. The summed E-state index contributed by atoms with van der Waals surface area (Å²) in [5.41, 5.74) is 1.78. The van der Waals surface area contributed by atoms with Crippen molar-refractivity contribution in [2.24, 2.45) is 0 Å². The number of nitrogens with one attached hydrogen (secondary N) is 1. The van der Waals surface area contributed by atoms with Gasteiger partial charge in [0.15, 0.2) is 0 Å². The number of ether oxygens (including phenoxy) is 1. The predicted molar refractivity (Wildman–Crippen MR) is 114 cm³/mol. The highest BCUT2D eigenvalue weighted by Gasteiger charge is 2.15. The molecular weight excluding hydrogens is 416 g/mol. The fourth-order valence-corrected chi connectivity index (χ4v) is 2.96. The molecule has 1 N–H and O–H groups in total. The van der Waals surface area contributed by atoms with E-state index in [0.717, 1.165) is 6.20 Å². The summed E-state index contributed by atoms with van der Waals surface area (Å²) in [5.74, 6) is 1.03. The Morgan fingerprint density at radius 3 is 2.72 bits per heavy atom. The molecule has 32 heavy (non-hydrogen) atoms. The molecular formula is C21H18N6O5. The third-order valence-corrected chi connectivity index (χ3v) is 4.41. The van der Waals surface area contributed by atoms with E-state index in [9.17, 15) is 14.9 Å². The Kier molecular flexibility index (Phi) is 5.88. The topological polar surface area (TPSA) is 138 Å². The number of hydrogen-bond acceptors (Lipinski definition) is 8. The lowest BCUT2D eigenvalue weighted by Gasteiger charge is -2.06. The number of carbonyl (C=O) groups is 1. The van der Waals surface area contributed by atoms with Gasteiger partial charge in [-0.3, -0.25) is 19.6 Å². The molecule has 0 spiro atoms. The molecule has 2 aromatic heterocycles. The number of amides is 1. The standard InChI is InChI=1S/C21H18N6O5/c1-2-31-18-6-4-3-5-17(18)21-24-20(25-32-21)14-7-9-15(10-8-14)23-19(28)13-26-12-16(11-22-26)27(29)30/h3-12H,2,13H2,1H3,(H,23,28). The summed E-state index contributed by atoms with van der Waals surface area (Å²) in [7, 11) is 0. The molecule has 4 rings (SSSR count). The lowest BCUT2D eigenvalue weighted by atomic mass is 10.2. The van der Waals surface area contributed by atoms with E-state index in [4.69, 9.17) is 9.26 Å². The van der Waals surface area contributed by atoms with E-state index < -0.39 is 4.92 Å². The van der Waals surface area contributed by atoms with E-state index in [2.05, 4.69) is 20.6 Å². The van der Waals surface area contributed by atoms with Crippen LogP contribution in [-0.2, 0) is 11.3 Å². The van der Waals surface area contributed by atoms with E-state index in [1.54, 1.807) is 24.3 Å². The molecule has 162 valence electrons. The van der Waals surface area contributed by atoms with Crippen molar-refractivity contribution >= 4 is 17.3 Å². The van der Waals surface area contributed by atoms with Crippen LogP contribution in [0.1, 0.15) is 6.92 Å². The van der Waals surface area contributed by atoms with Gasteiger partial charge in [-0.25, -0.2) is 0 Å². The molecule has 0 unspecified atom stereocenters. The number of carbonyl (C=O) groups excluding carboxylic acids is 1. The predicted octanol–water partition coefficient (Wildman–Crippen LogP) is 3.55. The minimum Gasteiger partial charge on any atom is -0.493 e. The first-order chi connectivity index (χ1) is 15.5. The van der Waals surface area contributed by atoms with Crippen LogP contribution in [0.15, 0.2) is 65.4 Å². The number of nitro groups is 1. The first-order valence-electron chi connectivity index (χ1n) is 9.66. The van der Waals surface area contributed by atoms with Crippen molar-refractivity contribution in [3.8, 4) is 28.6 Å². The Morgan fingerprint density at radius 1 is 1.22 bits per heavy atom. The molecule has 2 aromatic carbocycles. The maximum atomic E-state index is 12.2.